The molecule has 0 aromatic heterocycles. The van der Waals surface area contributed by atoms with Crippen LogP contribution >= 0.6 is 0 Å². The Morgan fingerprint density at radius 2 is 2.17 bits per heavy atom. The first kappa shape index (κ1) is 19.7. The molecule has 130 valence electrons. The fourth-order valence-electron chi connectivity index (χ4n) is 2.07. The molecular weight excluding hydrogens is 306 g/mol. The molecule has 24 heavy (non-hydrogen) atoms. The summed E-state index contributed by atoms with van der Waals surface area (Å²) in [5, 5.41) is 21.1. The number of nitrogens with zero attached hydrogens (tertiary/aromatic N) is 2. The number of amides is 1. The molecule has 0 aliphatic heterocycles. The Bertz CT molecular complexity index is 552. The first-order chi connectivity index (χ1) is 11.7. The molecule has 6 nitrogen and oxygen atoms in total. The van der Waals surface area contributed by atoms with Crippen molar-refractivity contribution in [1.82, 2.24) is 10.2 Å². The van der Waals surface area contributed by atoms with Gasteiger partial charge in [-0.15, -0.1) is 0 Å². The van der Waals surface area contributed by atoms with E-state index >= 15 is 0 Å². The van der Waals surface area contributed by atoms with Gasteiger partial charge in [0.05, 0.1) is 6.61 Å². The number of nitriles is 1. The molecule has 1 aromatic rings. The van der Waals surface area contributed by atoms with Crippen LogP contribution in [0.5, 0.6) is 0 Å². The summed E-state index contributed by atoms with van der Waals surface area (Å²) in [4.78, 5) is 13.8. The molecule has 0 radical (unpaired) electrons. The largest absolute Gasteiger partial charge is 0.395 e. The third-order valence-electron chi connectivity index (χ3n) is 3.25. The maximum absolute atomic E-state index is 12.1. The number of rotatable bonds is 11. The Morgan fingerprint density at radius 3 is 2.79 bits per heavy atom. The van der Waals surface area contributed by atoms with Gasteiger partial charge in [0.15, 0.2) is 0 Å². The lowest BCUT2D eigenvalue weighted by atomic mass is 10.2. The molecule has 0 bridgehead atoms. The number of hydrogen-bond acceptors (Lipinski definition) is 5. The number of aliphatic hydroxyl groups is 1. The van der Waals surface area contributed by atoms with Gasteiger partial charge < -0.3 is 20.1 Å². The van der Waals surface area contributed by atoms with Crippen LogP contribution in [0, 0.1) is 11.3 Å². The van der Waals surface area contributed by atoms with E-state index in [-0.39, 0.29) is 12.2 Å². The summed E-state index contributed by atoms with van der Waals surface area (Å²) in [6.07, 6.45) is 2.20. The van der Waals surface area contributed by atoms with Crippen LogP contribution in [0.4, 0.5) is 0 Å². The van der Waals surface area contributed by atoms with Crippen molar-refractivity contribution in [2.24, 2.45) is 0 Å². The smallest absolute Gasteiger partial charge is 0.263 e. The maximum Gasteiger partial charge on any atom is 0.263 e. The van der Waals surface area contributed by atoms with Crippen molar-refractivity contribution < 1.29 is 14.6 Å². The lowest BCUT2D eigenvalue weighted by molar-refractivity contribution is -0.117. The summed E-state index contributed by atoms with van der Waals surface area (Å²) >= 11 is 0. The SMILES string of the molecule is CCOCCCNC(=O)/C(C#N)=C\N(CCO)Cc1ccccc1. The van der Waals surface area contributed by atoms with Crippen LogP contribution in [-0.4, -0.2) is 48.8 Å². The molecule has 0 aliphatic rings. The Hall–Kier alpha value is -2.36. The van der Waals surface area contributed by atoms with Crippen molar-refractivity contribution in [3.8, 4) is 6.07 Å². The third kappa shape index (κ3) is 7.77. The second-order valence-corrected chi connectivity index (χ2v) is 5.14. The molecule has 1 amide bonds. The number of carbonyl (C=O) groups excluding carboxylic acids is 1. The normalized spacial score (nSPS) is 11.0. The number of hydrogen-bond donors (Lipinski definition) is 2. The topological polar surface area (TPSA) is 85.6 Å². The molecule has 0 saturated heterocycles. The quantitative estimate of drug-likeness (QED) is 0.364. The van der Waals surface area contributed by atoms with Crippen molar-refractivity contribution in [1.29, 1.82) is 5.26 Å². The van der Waals surface area contributed by atoms with Gasteiger partial charge in [-0.05, 0) is 18.9 Å². The van der Waals surface area contributed by atoms with E-state index in [0.717, 1.165) is 5.56 Å². The first-order valence-corrected chi connectivity index (χ1v) is 8.08. The molecular formula is C18H25N3O3. The second-order valence-electron chi connectivity index (χ2n) is 5.14. The molecule has 0 saturated carbocycles. The molecule has 2 N–H and O–H groups in total. The highest BCUT2D eigenvalue weighted by atomic mass is 16.5. The van der Waals surface area contributed by atoms with Gasteiger partial charge >= 0.3 is 0 Å². The van der Waals surface area contributed by atoms with Crippen LogP contribution in [0.1, 0.15) is 18.9 Å². The Kier molecular flexibility index (Phi) is 9.93. The minimum Gasteiger partial charge on any atom is -0.395 e. The monoisotopic (exact) mass is 331 g/mol. The van der Waals surface area contributed by atoms with Crippen LogP contribution < -0.4 is 5.32 Å². The van der Waals surface area contributed by atoms with Gasteiger partial charge in [-0.1, -0.05) is 30.3 Å². The van der Waals surface area contributed by atoms with Gasteiger partial charge in [0.2, 0.25) is 0 Å². The van der Waals surface area contributed by atoms with Gasteiger partial charge in [-0.3, -0.25) is 4.79 Å². The highest BCUT2D eigenvalue weighted by Gasteiger charge is 2.11. The van der Waals surface area contributed by atoms with E-state index in [1.807, 2.05) is 43.3 Å². The minimum absolute atomic E-state index is 0.0239. The fraction of sp³-hybridized carbons (Fsp3) is 0.444. The van der Waals surface area contributed by atoms with Crippen molar-refractivity contribution in [2.75, 3.05) is 32.9 Å². The van der Waals surface area contributed by atoms with E-state index in [2.05, 4.69) is 5.32 Å². The fourth-order valence-corrected chi connectivity index (χ4v) is 2.07. The molecule has 0 unspecified atom stereocenters. The van der Waals surface area contributed by atoms with E-state index < -0.39 is 5.91 Å². The summed E-state index contributed by atoms with van der Waals surface area (Å²) in [5.74, 6) is -0.412. The number of nitrogens with one attached hydrogen (secondary N) is 1. The summed E-state index contributed by atoms with van der Waals surface area (Å²) in [6, 6.07) is 11.6. The highest BCUT2D eigenvalue weighted by Crippen LogP contribution is 2.07. The predicted molar refractivity (Wildman–Crippen MR) is 91.8 cm³/mol. The van der Waals surface area contributed by atoms with Crippen LogP contribution in [0.2, 0.25) is 0 Å². The van der Waals surface area contributed by atoms with Gasteiger partial charge in [-0.25, -0.2) is 0 Å². The molecule has 6 heteroatoms. The van der Waals surface area contributed by atoms with Gasteiger partial charge in [0.1, 0.15) is 11.6 Å². The maximum atomic E-state index is 12.1. The summed E-state index contributed by atoms with van der Waals surface area (Å²) in [5.41, 5.74) is 1.06. The van der Waals surface area contributed by atoms with Crippen molar-refractivity contribution in [3.63, 3.8) is 0 Å². The van der Waals surface area contributed by atoms with Crippen molar-refractivity contribution in [3.05, 3.63) is 47.7 Å². The van der Waals surface area contributed by atoms with Crippen molar-refractivity contribution >= 4 is 5.91 Å². The number of ether oxygens (including phenoxy) is 1. The van der Waals surface area contributed by atoms with Gasteiger partial charge in [0, 0.05) is 39.0 Å². The average molecular weight is 331 g/mol. The van der Waals surface area contributed by atoms with E-state index in [4.69, 9.17) is 4.74 Å². The molecule has 0 heterocycles. The average Bonchev–Trinajstić information content (AvgIpc) is 2.60. The number of carbonyl (C=O) groups is 1. The Labute approximate surface area is 143 Å². The number of aliphatic hydroxyl groups excluding tert-OH is 1. The zero-order chi connectivity index (χ0) is 17.6. The van der Waals surface area contributed by atoms with Crippen molar-refractivity contribution in [2.45, 2.75) is 19.9 Å². The molecule has 0 fully saturated rings. The van der Waals surface area contributed by atoms with Crippen LogP contribution in [-0.2, 0) is 16.1 Å². The molecule has 1 aromatic carbocycles. The van der Waals surface area contributed by atoms with Gasteiger partial charge in [0.25, 0.3) is 5.91 Å². The Balaban J connectivity index is 2.63. The lowest BCUT2D eigenvalue weighted by Crippen LogP contribution is -2.29. The second kappa shape index (κ2) is 12.1. The molecule has 1 rings (SSSR count). The van der Waals surface area contributed by atoms with Crippen LogP contribution in [0.15, 0.2) is 42.1 Å². The summed E-state index contributed by atoms with van der Waals surface area (Å²) < 4.78 is 5.20. The van der Waals surface area contributed by atoms with E-state index in [0.29, 0.717) is 39.3 Å². The zero-order valence-corrected chi connectivity index (χ0v) is 14.1. The molecule has 0 spiro atoms. The summed E-state index contributed by atoms with van der Waals surface area (Å²) in [6.45, 7) is 4.40. The molecule has 0 atom stereocenters. The third-order valence-corrected chi connectivity index (χ3v) is 3.25. The minimum atomic E-state index is -0.412. The summed E-state index contributed by atoms with van der Waals surface area (Å²) in [7, 11) is 0. The zero-order valence-electron chi connectivity index (χ0n) is 14.1. The van der Waals surface area contributed by atoms with Gasteiger partial charge in [-0.2, -0.15) is 5.26 Å². The Morgan fingerprint density at radius 1 is 1.42 bits per heavy atom. The molecule has 0 aliphatic carbocycles. The lowest BCUT2D eigenvalue weighted by Gasteiger charge is -2.20. The van der Waals surface area contributed by atoms with E-state index in [1.54, 1.807) is 4.90 Å². The first-order valence-electron chi connectivity index (χ1n) is 8.08. The van der Waals surface area contributed by atoms with Crippen LogP contribution in [0.25, 0.3) is 0 Å². The standard InChI is InChI=1S/C18H25N3O3/c1-2-24-12-6-9-20-18(23)17(13-19)15-21(10-11-22)14-16-7-4-3-5-8-16/h3-5,7-8,15,22H,2,6,9-12,14H2,1H3,(H,20,23)/b17-15-. The van der Waals surface area contributed by atoms with E-state index in [9.17, 15) is 15.2 Å². The predicted octanol–water partition coefficient (Wildman–Crippen LogP) is 1.43. The number of benzene rings is 1. The highest BCUT2D eigenvalue weighted by molar-refractivity contribution is 5.97. The van der Waals surface area contributed by atoms with E-state index in [1.165, 1.54) is 6.20 Å². The van der Waals surface area contributed by atoms with Crippen LogP contribution in [0.3, 0.4) is 0 Å².